The fourth-order valence-electron chi connectivity index (χ4n) is 3.40. The van der Waals surface area contributed by atoms with Crippen molar-refractivity contribution in [2.24, 2.45) is 5.41 Å². The highest BCUT2D eigenvalue weighted by Gasteiger charge is 2.41. The van der Waals surface area contributed by atoms with Crippen LogP contribution >= 0.6 is 0 Å². The zero-order valence-electron chi connectivity index (χ0n) is 10.9. The molecule has 18 heavy (non-hydrogen) atoms. The number of carbonyl (C=O) groups is 1. The van der Waals surface area contributed by atoms with Crippen LogP contribution in [0.3, 0.4) is 0 Å². The maximum Gasteiger partial charge on any atom is 0.293 e. The number of nitrogens with zero attached hydrogens (tertiary/aromatic N) is 3. The molecule has 0 aromatic carbocycles. The number of aromatic nitrogens is 3. The van der Waals surface area contributed by atoms with Crippen molar-refractivity contribution in [1.82, 2.24) is 20.1 Å². The largest absolute Gasteiger partial charge is 0.335 e. The van der Waals surface area contributed by atoms with Gasteiger partial charge in [-0.25, -0.2) is 4.98 Å². The molecule has 2 aliphatic rings. The monoisotopic (exact) mass is 248 g/mol. The number of hydrogen-bond acceptors (Lipinski definition) is 3. The van der Waals surface area contributed by atoms with Crippen LogP contribution < -0.4 is 0 Å². The van der Waals surface area contributed by atoms with E-state index in [9.17, 15) is 4.79 Å². The highest BCUT2D eigenvalue weighted by atomic mass is 16.2. The van der Waals surface area contributed by atoms with Gasteiger partial charge in [-0.05, 0) is 31.6 Å². The topological polar surface area (TPSA) is 61.9 Å². The lowest BCUT2D eigenvalue weighted by Crippen LogP contribution is -2.33. The van der Waals surface area contributed by atoms with Crippen molar-refractivity contribution in [2.45, 2.75) is 45.4 Å². The summed E-state index contributed by atoms with van der Waals surface area (Å²) in [5.74, 6) is 1.01. The van der Waals surface area contributed by atoms with E-state index in [0.717, 1.165) is 19.5 Å². The zero-order valence-corrected chi connectivity index (χ0v) is 10.9. The average Bonchev–Trinajstić information content (AvgIpc) is 2.97. The van der Waals surface area contributed by atoms with Crippen LogP contribution in [-0.2, 0) is 0 Å². The van der Waals surface area contributed by atoms with Crippen molar-refractivity contribution in [3.8, 4) is 0 Å². The molecule has 0 radical (unpaired) electrons. The van der Waals surface area contributed by atoms with Gasteiger partial charge >= 0.3 is 0 Å². The molecule has 0 bridgehead atoms. The van der Waals surface area contributed by atoms with Crippen LogP contribution in [-0.4, -0.2) is 39.1 Å². The first-order chi connectivity index (χ1) is 8.69. The van der Waals surface area contributed by atoms with Crippen LogP contribution in [0.25, 0.3) is 0 Å². The lowest BCUT2D eigenvalue weighted by molar-refractivity contribution is 0.0747. The van der Waals surface area contributed by atoms with Gasteiger partial charge in [-0.3, -0.25) is 9.89 Å². The number of aromatic amines is 1. The Morgan fingerprint density at radius 1 is 1.28 bits per heavy atom. The van der Waals surface area contributed by atoms with Crippen LogP contribution in [0, 0.1) is 12.3 Å². The van der Waals surface area contributed by atoms with Gasteiger partial charge in [0.15, 0.2) is 0 Å². The van der Waals surface area contributed by atoms with Gasteiger partial charge in [0.05, 0.1) is 0 Å². The highest BCUT2D eigenvalue weighted by molar-refractivity contribution is 5.90. The molecular formula is C13H20N4O. The van der Waals surface area contributed by atoms with Crippen LogP contribution in [0.1, 0.15) is 55.0 Å². The molecule has 98 valence electrons. The number of aryl methyl sites for hydroxylation is 1. The van der Waals surface area contributed by atoms with Crippen LogP contribution in [0.4, 0.5) is 0 Å². The second-order valence-corrected chi connectivity index (χ2v) is 5.78. The SMILES string of the molecule is Cc1nc(C(=O)N2CCC3(CCCCC3)C2)n[nH]1. The van der Waals surface area contributed by atoms with Crippen molar-refractivity contribution in [2.75, 3.05) is 13.1 Å². The number of H-pyrrole nitrogens is 1. The van der Waals surface area contributed by atoms with E-state index in [-0.39, 0.29) is 5.91 Å². The maximum absolute atomic E-state index is 12.3. The number of likely N-dealkylation sites (tertiary alicyclic amines) is 1. The predicted molar refractivity (Wildman–Crippen MR) is 67.2 cm³/mol. The molecule has 1 saturated heterocycles. The van der Waals surface area contributed by atoms with Crippen molar-refractivity contribution >= 4 is 5.91 Å². The Hall–Kier alpha value is -1.39. The average molecular weight is 248 g/mol. The van der Waals surface area contributed by atoms with Gasteiger partial charge in [0, 0.05) is 13.1 Å². The van der Waals surface area contributed by atoms with E-state index in [4.69, 9.17) is 0 Å². The summed E-state index contributed by atoms with van der Waals surface area (Å²) in [5.41, 5.74) is 0.402. The quantitative estimate of drug-likeness (QED) is 0.825. The molecule has 1 aliphatic carbocycles. The Bertz CT molecular complexity index is 448. The van der Waals surface area contributed by atoms with E-state index in [1.54, 1.807) is 0 Å². The summed E-state index contributed by atoms with van der Waals surface area (Å²) in [4.78, 5) is 18.3. The second kappa shape index (κ2) is 4.37. The summed E-state index contributed by atoms with van der Waals surface area (Å²) in [6.07, 6.45) is 7.72. The number of amides is 1. The van der Waals surface area contributed by atoms with Gasteiger partial charge in [0.25, 0.3) is 5.91 Å². The summed E-state index contributed by atoms with van der Waals surface area (Å²) in [7, 11) is 0. The standard InChI is InChI=1S/C13H20N4O/c1-10-14-11(16-15-10)12(18)17-8-7-13(9-17)5-3-2-4-6-13/h2-9H2,1H3,(H,14,15,16). The number of nitrogens with one attached hydrogen (secondary N) is 1. The summed E-state index contributed by atoms with van der Waals surface area (Å²) >= 11 is 0. The molecule has 5 nitrogen and oxygen atoms in total. The minimum Gasteiger partial charge on any atom is -0.335 e. The molecule has 1 saturated carbocycles. The summed E-state index contributed by atoms with van der Waals surface area (Å²) < 4.78 is 0. The Labute approximate surface area is 107 Å². The van der Waals surface area contributed by atoms with Crippen molar-refractivity contribution in [1.29, 1.82) is 0 Å². The number of carbonyl (C=O) groups excluding carboxylic acids is 1. The highest BCUT2D eigenvalue weighted by Crippen LogP contribution is 2.43. The Kier molecular flexibility index (Phi) is 2.84. The fraction of sp³-hybridized carbons (Fsp3) is 0.769. The van der Waals surface area contributed by atoms with Gasteiger partial charge in [-0.2, -0.15) is 0 Å². The molecule has 1 aromatic heterocycles. The van der Waals surface area contributed by atoms with Crippen LogP contribution in [0.2, 0.25) is 0 Å². The third-order valence-electron chi connectivity index (χ3n) is 4.43. The normalized spacial score (nSPS) is 22.6. The first-order valence-electron chi connectivity index (χ1n) is 6.87. The van der Waals surface area contributed by atoms with Crippen molar-refractivity contribution in [3.63, 3.8) is 0 Å². The summed E-state index contributed by atoms with van der Waals surface area (Å²) in [6, 6.07) is 0. The number of rotatable bonds is 1. The molecular weight excluding hydrogens is 228 g/mol. The smallest absolute Gasteiger partial charge is 0.293 e. The third kappa shape index (κ3) is 2.02. The van der Waals surface area contributed by atoms with E-state index in [1.165, 1.54) is 32.1 Å². The molecule has 3 rings (SSSR count). The minimum absolute atomic E-state index is 0.0122. The molecule has 1 aromatic rings. The van der Waals surface area contributed by atoms with E-state index >= 15 is 0 Å². The Balaban J connectivity index is 1.70. The van der Waals surface area contributed by atoms with Gasteiger partial charge in [0.2, 0.25) is 5.82 Å². The van der Waals surface area contributed by atoms with Gasteiger partial charge in [-0.15, -0.1) is 5.10 Å². The number of hydrogen-bond donors (Lipinski definition) is 1. The lowest BCUT2D eigenvalue weighted by Gasteiger charge is -2.33. The summed E-state index contributed by atoms with van der Waals surface area (Å²) in [5, 5.41) is 6.70. The van der Waals surface area contributed by atoms with E-state index < -0.39 is 0 Å². The molecule has 2 heterocycles. The Morgan fingerprint density at radius 2 is 2.06 bits per heavy atom. The van der Waals surface area contributed by atoms with Gasteiger partial charge in [-0.1, -0.05) is 19.3 Å². The molecule has 1 spiro atoms. The third-order valence-corrected chi connectivity index (χ3v) is 4.43. The van der Waals surface area contributed by atoms with Crippen LogP contribution in [0.15, 0.2) is 0 Å². The van der Waals surface area contributed by atoms with Gasteiger partial charge < -0.3 is 4.90 Å². The molecule has 0 atom stereocenters. The molecule has 0 unspecified atom stereocenters. The molecule has 2 fully saturated rings. The first-order valence-corrected chi connectivity index (χ1v) is 6.87. The van der Waals surface area contributed by atoms with E-state index in [2.05, 4.69) is 15.2 Å². The molecule has 1 amide bonds. The second-order valence-electron chi connectivity index (χ2n) is 5.78. The fourth-order valence-corrected chi connectivity index (χ4v) is 3.40. The van der Waals surface area contributed by atoms with Gasteiger partial charge in [0.1, 0.15) is 5.82 Å². The minimum atomic E-state index is -0.0122. The van der Waals surface area contributed by atoms with E-state index in [0.29, 0.717) is 17.1 Å². The molecule has 5 heteroatoms. The predicted octanol–water partition coefficient (Wildman–Crippen LogP) is 1.91. The van der Waals surface area contributed by atoms with Crippen molar-refractivity contribution < 1.29 is 4.79 Å². The Morgan fingerprint density at radius 3 is 2.72 bits per heavy atom. The lowest BCUT2D eigenvalue weighted by atomic mass is 9.73. The zero-order chi connectivity index (χ0) is 12.6. The maximum atomic E-state index is 12.3. The first kappa shape index (κ1) is 11.7. The van der Waals surface area contributed by atoms with Crippen LogP contribution in [0.5, 0.6) is 0 Å². The summed E-state index contributed by atoms with van der Waals surface area (Å²) in [6.45, 7) is 3.59. The van der Waals surface area contributed by atoms with E-state index in [1.807, 2.05) is 11.8 Å². The molecule has 1 aliphatic heterocycles. The van der Waals surface area contributed by atoms with Crippen molar-refractivity contribution in [3.05, 3.63) is 11.6 Å². The molecule has 1 N–H and O–H groups in total.